The van der Waals surface area contributed by atoms with Crippen LogP contribution in [0.1, 0.15) is 17.0 Å². The predicted molar refractivity (Wildman–Crippen MR) is 96.5 cm³/mol. The van der Waals surface area contributed by atoms with E-state index in [0.29, 0.717) is 5.69 Å². The zero-order valence-corrected chi connectivity index (χ0v) is 14.0. The number of aryl methyl sites for hydroxylation is 2. The number of nitrogens with zero attached hydrogens (tertiary/aromatic N) is 4. The predicted octanol–water partition coefficient (Wildman–Crippen LogP) is 3.08. The van der Waals surface area contributed by atoms with Gasteiger partial charge in [-0.25, -0.2) is 9.50 Å². The molecule has 1 amide bonds. The van der Waals surface area contributed by atoms with Crippen molar-refractivity contribution >= 4 is 28.1 Å². The number of carbonyl (C=O) groups excluding carboxylic acids is 1. The highest BCUT2D eigenvalue weighted by Gasteiger charge is 2.16. The summed E-state index contributed by atoms with van der Waals surface area (Å²) in [5.74, 6) is -0.0999. The van der Waals surface area contributed by atoms with E-state index in [9.17, 15) is 4.79 Å². The third kappa shape index (κ3) is 2.71. The average molecular weight is 331 g/mol. The fourth-order valence-corrected chi connectivity index (χ4v) is 3.03. The van der Waals surface area contributed by atoms with Crippen LogP contribution in [-0.4, -0.2) is 25.5 Å². The number of hydrogen-bond acceptors (Lipinski definition) is 4. The number of pyridine rings is 1. The number of benzene rings is 1. The molecule has 4 rings (SSSR count). The SMILES string of the molecule is Cc1nc2c3ccccc3nn2c(C)c1CC(=O)Nc1cccnc1. The molecule has 3 aromatic heterocycles. The molecule has 0 fully saturated rings. The first-order chi connectivity index (χ1) is 12.1. The van der Waals surface area contributed by atoms with E-state index in [2.05, 4.69) is 15.4 Å². The van der Waals surface area contributed by atoms with E-state index in [4.69, 9.17) is 4.98 Å². The van der Waals surface area contributed by atoms with Gasteiger partial charge in [0.25, 0.3) is 0 Å². The van der Waals surface area contributed by atoms with E-state index in [1.54, 1.807) is 18.5 Å². The van der Waals surface area contributed by atoms with Gasteiger partial charge in [0, 0.05) is 28.5 Å². The first kappa shape index (κ1) is 15.3. The number of rotatable bonds is 3. The Hall–Kier alpha value is -3.28. The highest BCUT2D eigenvalue weighted by atomic mass is 16.1. The van der Waals surface area contributed by atoms with Crippen LogP contribution in [-0.2, 0) is 11.2 Å². The maximum Gasteiger partial charge on any atom is 0.228 e. The van der Waals surface area contributed by atoms with Crippen LogP contribution in [0.5, 0.6) is 0 Å². The fraction of sp³-hybridized carbons (Fsp3) is 0.158. The van der Waals surface area contributed by atoms with Gasteiger partial charge in [-0.05, 0) is 38.1 Å². The number of amides is 1. The van der Waals surface area contributed by atoms with Gasteiger partial charge in [0.2, 0.25) is 5.91 Å². The summed E-state index contributed by atoms with van der Waals surface area (Å²) in [5, 5.41) is 8.49. The Kier molecular flexibility index (Phi) is 3.65. The van der Waals surface area contributed by atoms with Crippen LogP contribution in [0.25, 0.3) is 16.6 Å². The lowest BCUT2D eigenvalue weighted by Gasteiger charge is -2.11. The van der Waals surface area contributed by atoms with Gasteiger partial charge in [-0.3, -0.25) is 9.78 Å². The molecule has 4 aromatic rings. The van der Waals surface area contributed by atoms with Crippen LogP contribution < -0.4 is 5.32 Å². The summed E-state index contributed by atoms with van der Waals surface area (Å²) in [7, 11) is 0. The maximum absolute atomic E-state index is 12.4. The first-order valence-corrected chi connectivity index (χ1v) is 8.07. The molecule has 0 aliphatic carbocycles. The third-order valence-electron chi connectivity index (χ3n) is 4.30. The van der Waals surface area contributed by atoms with E-state index >= 15 is 0 Å². The molecular formula is C19H17N5O. The summed E-state index contributed by atoms with van der Waals surface area (Å²) in [6, 6.07) is 11.5. The fourth-order valence-electron chi connectivity index (χ4n) is 3.03. The van der Waals surface area contributed by atoms with Crippen LogP contribution in [0, 0.1) is 13.8 Å². The van der Waals surface area contributed by atoms with Crippen molar-refractivity contribution in [2.75, 3.05) is 5.32 Å². The van der Waals surface area contributed by atoms with Crippen LogP contribution in [0.3, 0.4) is 0 Å². The van der Waals surface area contributed by atoms with Crippen molar-refractivity contribution in [3.63, 3.8) is 0 Å². The van der Waals surface area contributed by atoms with E-state index in [1.807, 2.05) is 48.7 Å². The zero-order chi connectivity index (χ0) is 17.4. The minimum atomic E-state index is -0.0999. The minimum Gasteiger partial charge on any atom is -0.324 e. The first-order valence-electron chi connectivity index (χ1n) is 8.07. The molecule has 25 heavy (non-hydrogen) atoms. The van der Waals surface area contributed by atoms with Gasteiger partial charge in [-0.15, -0.1) is 0 Å². The van der Waals surface area contributed by atoms with Gasteiger partial charge >= 0.3 is 0 Å². The average Bonchev–Trinajstić information content (AvgIpc) is 2.98. The lowest BCUT2D eigenvalue weighted by molar-refractivity contribution is -0.115. The summed E-state index contributed by atoms with van der Waals surface area (Å²) in [6.45, 7) is 3.90. The highest BCUT2D eigenvalue weighted by molar-refractivity contribution is 5.94. The largest absolute Gasteiger partial charge is 0.324 e. The molecule has 1 N–H and O–H groups in total. The van der Waals surface area contributed by atoms with Crippen LogP contribution in [0.2, 0.25) is 0 Å². The molecule has 0 aliphatic heterocycles. The van der Waals surface area contributed by atoms with Crippen molar-refractivity contribution in [1.82, 2.24) is 19.6 Å². The number of hydrogen-bond donors (Lipinski definition) is 1. The lowest BCUT2D eigenvalue weighted by atomic mass is 10.1. The van der Waals surface area contributed by atoms with Crippen molar-refractivity contribution < 1.29 is 4.79 Å². The van der Waals surface area contributed by atoms with E-state index in [0.717, 1.165) is 33.5 Å². The second kappa shape index (κ2) is 5.98. The minimum absolute atomic E-state index is 0.0999. The number of anilines is 1. The van der Waals surface area contributed by atoms with Gasteiger partial charge < -0.3 is 5.32 Å². The quantitative estimate of drug-likeness (QED) is 0.626. The summed E-state index contributed by atoms with van der Waals surface area (Å²) in [6.07, 6.45) is 3.54. The molecule has 0 saturated heterocycles. The molecule has 6 heteroatoms. The molecule has 0 bridgehead atoms. The Balaban J connectivity index is 1.72. The summed E-state index contributed by atoms with van der Waals surface area (Å²) in [5.41, 5.74) is 5.07. The third-order valence-corrected chi connectivity index (χ3v) is 4.30. The molecule has 0 aliphatic rings. The van der Waals surface area contributed by atoms with Crippen molar-refractivity contribution in [3.8, 4) is 0 Å². The summed E-state index contributed by atoms with van der Waals surface area (Å²) in [4.78, 5) is 21.1. The second-order valence-corrected chi connectivity index (χ2v) is 5.98. The number of fused-ring (bicyclic) bond motifs is 3. The second-order valence-electron chi connectivity index (χ2n) is 5.98. The van der Waals surface area contributed by atoms with Crippen LogP contribution >= 0.6 is 0 Å². The summed E-state index contributed by atoms with van der Waals surface area (Å²) < 4.78 is 1.82. The number of carbonyl (C=O) groups is 1. The van der Waals surface area contributed by atoms with Gasteiger partial charge in [-0.1, -0.05) is 12.1 Å². The zero-order valence-electron chi connectivity index (χ0n) is 14.0. The Bertz CT molecular complexity index is 1090. The van der Waals surface area contributed by atoms with E-state index in [1.165, 1.54) is 0 Å². The Morgan fingerprint density at radius 3 is 2.80 bits per heavy atom. The standard InChI is InChI=1S/C19H17N5O/c1-12-16(10-18(25)22-14-6-5-9-20-11-14)13(2)24-19(21-12)15-7-3-4-8-17(15)23-24/h3-9,11H,10H2,1-2H3,(H,22,25). The van der Waals surface area contributed by atoms with Crippen molar-refractivity contribution in [2.24, 2.45) is 0 Å². The normalized spacial score (nSPS) is 11.1. The highest BCUT2D eigenvalue weighted by Crippen LogP contribution is 2.22. The monoisotopic (exact) mass is 331 g/mol. The lowest BCUT2D eigenvalue weighted by Crippen LogP contribution is -2.17. The smallest absolute Gasteiger partial charge is 0.228 e. The molecule has 0 unspecified atom stereocenters. The van der Waals surface area contributed by atoms with E-state index < -0.39 is 0 Å². The molecule has 6 nitrogen and oxygen atoms in total. The molecule has 0 radical (unpaired) electrons. The van der Waals surface area contributed by atoms with Crippen LogP contribution in [0.4, 0.5) is 5.69 Å². The molecule has 0 saturated carbocycles. The number of nitrogens with one attached hydrogen (secondary N) is 1. The Morgan fingerprint density at radius 2 is 2.00 bits per heavy atom. The van der Waals surface area contributed by atoms with E-state index in [-0.39, 0.29) is 12.3 Å². The molecule has 0 spiro atoms. The van der Waals surface area contributed by atoms with Gasteiger partial charge in [0.15, 0.2) is 5.65 Å². The molecular weight excluding hydrogens is 314 g/mol. The number of aromatic nitrogens is 4. The van der Waals surface area contributed by atoms with Crippen LogP contribution in [0.15, 0.2) is 48.8 Å². The molecule has 1 aromatic carbocycles. The van der Waals surface area contributed by atoms with Crippen molar-refractivity contribution in [3.05, 3.63) is 65.7 Å². The van der Waals surface area contributed by atoms with Crippen molar-refractivity contribution in [1.29, 1.82) is 0 Å². The molecule has 0 atom stereocenters. The summed E-state index contributed by atoms with van der Waals surface area (Å²) >= 11 is 0. The maximum atomic E-state index is 12.4. The van der Waals surface area contributed by atoms with Gasteiger partial charge in [0.05, 0.1) is 23.8 Å². The Morgan fingerprint density at radius 1 is 1.16 bits per heavy atom. The molecule has 3 heterocycles. The Labute approximate surface area is 144 Å². The molecule has 124 valence electrons. The van der Waals surface area contributed by atoms with Crippen molar-refractivity contribution in [2.45, 2.75) is 20.3 Å². The van der Waals surface area contributed by atoms with Gasteiger partial charge in [-0.2, -0.15) is 5.10 Å². The topological polar surface area (TPSA) is 72.2 Å². The van der Waals surface area contributed by atoms with Gasteiger partial charge in [0.1, 0.15) is 0 Å².